The Morgan fingerprint density at radius 1 is 0.951 bits per heavy atom. The lowest BCUT2D eigenvalue weighted by molar-refractivity contribution is -0.141. The average molecular weight is 614 g/mol. The molecule has 0 aliphatic carbocycles. The first-order valence-corrected chi connectivity index (χ1v) is 15.5. The zero-order valence-electron chi connectivity index (χ0n) is 23.5. The van der Waals surface area contributed by atoms with Gasteiger partial charge in [0.2, 0.25) is 11.8 Å². The number of carbonyl (C=O) groups excluding carboxylic acids is 3. The number of nitrogens with zero attached hydrogens (tertiary/aromatic N) is 4. The number of aryl methyl sites for hydroxylation is 1. The minimum Gasteiger partial charge on any atom is -0.343 e. The molecule has 3 aromatic rings. The standard InChI is InChI=1S/C31H34Cl2N4O3S/c1-19-34-28(18-41-19)21-4-6-22(7-5-21)30(39)35(3)29-12-15-37(17-25(29)24-8-9-26(32)27(33)16-24)31(40)23-10-13-36(14-11-23)20(2)38/h4-9,16,18,23,25,29H,10-15,17H2,1-3H3/t25-,29+/m0/s1. The summed E-state index contributed by atoms with van der Waals surface area (Å²) in [5.74, 6) is -0.130. The fourth-order valence-electron chi connectivity index (χ4n) is 6.01. The Morgan fingerprint density at radius 2 is 1.63 bits per heavy atom. The minimum absolute atomic E-state index is 0.0527. The number of piperidine rings is 2. The van der Waals surface area contributed by atoms with Crippen LogP contribution in [0.15, 0.2) is 47.8 Å². The van der Waals surface area contributed by atoms with Gasteiger partial charge < -0.3 is 14.7 Å². The normalized spacial score (nSPS) is 19.7. The van der Waals surface area contributed by atoms with Crippen LogP contribution in [0.3, 0.4) is 0 Å². The second-order valence-corrected chi connectivity index (χ2v) is 12.8. The zero-order chi connectivity index (χ0) is 29.3. The molecule has 7 nitrogen and oxygen atoms in total. The van der Waals surface area contributed by atoms with Crippen molar-refractivity contribution in [3.05, 3.63) is 74.0 Å². The number of hydrogen-bond donors (Lipinski definition) is 0. The first-order chi connectivity index (χ1) is 19.6. The van der Waals surface area contributed by atoms with Crippen molar-refractivity contribution in [2.24, 2.45) is 5.92 Å². The molecule has 2 atom stereocenters. The van der Waals surface area contributed by atoms with Crippen molar-refractivity contribution >= 4 is 52.3 Å². The molecule has 0 spiro atoms. The SMILES string of the molecule is CC(=O)N1CCC(C(=O)N2CC[C@@H](N(C)C(=O)c3ccc(-c4csc(C)n4)cc3)[C@H](c3ccc(Cl)c(Cl)c3)C2)CC1. The first kappa shape index (κ1) is 29.5. The number of halogens is 2. The topological polar surface area (TPSA) is 73.8 Å². The Balaban J connectivity index is 1.34. The number of benzene rings is 2. The fourth-order valence-corrected chi connectivity index (χ4v) is 6.94. The van der Waals surface area contributed by atoms with Gasteiger partial charge in [-0.15, -0.1) is 11.3 Å². The van der Waals surface area contributed by atoms with Crippen LogP contribution < -0.4 is 0 Å². The number of amides is 3. The van der Waals surface area contributed by atoms with Crippen molar-refractivity contribution < 1.29 is 14.4 Å². The first-order valence-electron chi connectivity index (χ1n) is 13.9. The van der Waals surface area contributed by atoms with Crippen LogP contribution >= 0.6 is 34.5 Å². The van der Waals surface area contributed by atoms with Crippen LogP contribution in [0.4, 0.5) is 0 Å². The summed E-state index contributed by atoms with van der Waals surface area (Å²) in [7, 11) is 1.84. The second-order valence-electron chi connectivity index (χ2n) is 10.9. The van der Waals surface area contributed by atoms with Gasteiger partial charge in [0.05, 0.1) is 20.7 Å². The molecule has 2 fully saturated rings. The second kappa shape index (κ2) is 12.5. The van der Waals surface area contributed by atoms with E-state index in [0.717, 1.165) is 21.8 Å². The maximum absolute atomic E-state index is 13.7. The molecule has 3 amide bonds. The van der Waals surface area contributed by atoms with Gasteiger partial charge in [-0.1, -0.05) is 41.4 Å². The van der Waals surface area contributed by atoms with Crippen molar-refractivity contribution in [1.82, 2.24) is 19.7 Å². The Labute approximate surface area is 255 Å². The number of likely N-dealkylation sites (tertiary alicyclic amines) is 2. The van der Waals surface area contributed by atoms with E-state index < -0.39 is 0 Å². The van der Waals surface area contributed by atoms with Crippen LogP contribution in [-0.4, -0.2) is 76.7 Å². The molecular weight excluding hydrogens is 579 g/mol. The molecule has 3 heterocycles. The van der Waals surface area contributed by atoms with Crippen molar-refractivity contribution in [2.45, 2.75) is 45.1 Å². The Morgan fingerprint density at radius 3 is 2.24 bits per heavy atom. The molecule has 0 unspecified atom stereocenters. The van der Waals surface area contributed by atoms with E-state index in [4.69, 9.17) is 23.2 Å². The van der Waals surface area contributed by atoms with Crippen molar-refractivity contribution in [2.75, 3.05) is 33.2 Å². The smallest absolute Gasteiger partial charge is 0.253 e. The van der Waals surface area contributed by atoms with Crippen LogP contribution in [0.1, 0.15) is 53.0 Å². The minimum atomic E-state index is -0.135. The van der Waals surface area contributed by atoms with E-state index in [1.54, 1.807) is 29.2 Å². The van der Waals surface area contributed by atoms with Crippen LogP contribution in [-0.2, 0) is 9.59 Å². The van der Waals surface area contributed by atoms with E-state index in [1.165, 1.54) is 0 Å². The third-order valence-electron chi connectivity index (χ3n) is 8.41. The Hall–Kier alpha value is -2.94. The maximum atomic E-state index is 13.7. The van der Waals surface area contributed by atoms with Crippen LogP contribution in [0.25, 0.3) is 11.3 Å². The van der Waals surface area contributed by atoms with Crippen LogP contribution in [0.5, 0.6) is 0 Å². The molecule has 0 saturated carbocycles. The van der Waals surface area contributed by atoms with E-state index in [0.29, 0.717) is 61.1 Å². The largest absolute Gasteiger partial charge is 0.343 e. The molecule has 2 aliphatic rings. The summed E-state index contributed by atoms with van der Waals surface area (Å²) in [6, 6.07) is 13.0. The van der Waals surface area contributed by atoms with Gasteiger partial charge in [-0.3, -0.25) is 14.4 Å². The number of hydrogen-bond acceptors (Lipinski definition) is 5. The predicted octanol–water partition coefficient (Wildman–Crippen LogP) is 6.14. The fraction of sp³-hybridized carbons (Fsp3) is 0.419. The molecule has 2 saturated heterocycles. The Bertz CT molecular complexity index is 1440. The summed E-state index contributed by atoms with van der Waals surface area (Å²) >= 11 is 14.2. The molecule has 10 heteroatoms. The van der Waals surface area contributed by atoms with Crippen LogP contribution in [0, 0.1) is 12.8 Å². The summed E-state index contributed by atoms with van der Waals surface area (Å²) in [5, 5.41) is 3.93. The predicted molar refractivity (Wildman–Crippen MR) is 164 cm³/mol. The Kier molecular flexibility index (Phi) is 9.02. The van der Waals surface area contributed by atoms with Gasteiger partial charge in [0.1, 0.15) is 0 Å². The maximum Gasteiger partial charge on any atom is 0.253 e. The highest BCUT2D eigenvalue weighted by atomic mass is 35.5. The monoisotopic (exact) mass is 612 g/mol. The van der Waals surface area contributed by atoms with Crippen LogP contribution in [0.2, 0.25) is 10.0 Å². The number of thiazole rings is 1. The molecule has 0 bridgehead atoms. The lowest BCUT2D eigenvalue weighted by Crippen LogP contribution is -2.53. The van der Waals surface area contributed by atoms with Gasteiger partial charge in [0, 0.05) is 74.5 Å². The van der Waals surface area contributed by atoms with Crippen molar-refractivity contribution in [3.8, 4) is 11.3 Å². The number of rotatable bonds is 5. The molecular formula is C31H34Cl2N4O3S. The average Bonchev–Trinajstić information content (AvgIpc) is 3.43. The lowest BCUT2D eigenvalue weighted by atomic mass is 9.83. The lowest BCUT2D eigenvalue weighted by Gasteiger charge is -2.44. The van der Waals surface area contributed by atoms with E-state index in [1.807, 2.05) is 65.5 Å². The van der Waals surface area contributed by atoms with E-state index in [-0.39, 0.29) is 35.6 Å². The number of carbonyl (C=O) groups is 3. The molecule has 1 aromatic heterocycles. The third-order valence-corrected chi connectivity index (χ3v) is 9.93. The summed E-state index contributed by atoms with van der Waals surface area (Å²) in [6.07, 6.45) is 1.98. The highest BCUT2D eigenvalue weighted by Gasteiger charge is 2.39. The van der Waals surface area contributed by atoms with Gasteiger partial charge in [0.25, 0.3) is 5.91 Å². The molecule has 2 aromatic carbocycles. The summed E-state index contributed by atoms with van der Waals surface area (Å²) in [5.41, 5.74) is 3.43. The van der Waals surface area contributed by atoms with E-state index >= 15 is 0 Å². The van der Waals surface area contributed by atoms with Gasteiger partial charge in [-0.25, -0.2) is 4.98 Å². The molecule has 216 valence electrons. The van der Waals surface area contributed by atoms with E-state index in [2.05, 4.69) is 4.98 Å². The zero-order valence-corrected chi connectivity index (χ0v) is 25.8. The number of likely N-dealkylation sites (N-methyl/N-ethyl adjacent to an activating group) is 1. The molecule has 0 radical (unpaired) electrons. The highest BCUT2D eigenvalue weighted by molar-refractivity contribution is 7.09. The van der Waals surface area contributed by atoms with Gasteiger partial charge in [-0.05, 0) is 56.0 Å². The highest BCUT2D eigenvalue weighted by Crippen LogP contribution is 2.36. The summed E-state index contributed by atoms with van der Waals surface area (Å²) < 4.78 is 0. The quantitative estimate of drug-likeness (QED) is 0.347. The summed E-state index contributed by atoms with van der Waals surface area (Å²) in [4.78, 5) is 49.1. The van der Waals surface area contributed by atoms with Crippen molar-refractivity contribution in [3.63, 3.8) is 0 Å². The van der Waals surface area contributed by atoms with Gasteiger partial charge >= 0.3 is 0 Å². The van der Waals surface area contributed by atoms with Crippen molar-refractivity contribution in [1.29, 1.82) is 0 Å². The molecule has 2 aliphatic heterocycles. The van der Waals surface area contributed by atoms with Gasteiger partial charge in [0.15, 0.2) is 0 Å². The molecule has 0 N–H and O–H groups in total. The third kappa shape index (κ3) is 6.45. The summed E-state index contributed by atoms with van der Waals surface area (Å²) in [6.45, 7) is 5.80. The van der Waals surface area contributed by atoms with Gasteiger partial charge in [-0.2, -0.15) is 0 Å². The molecule has 41 heavy (non-hydrogen) atoms. The molecule has 5 rings (SSSR count). The van der Waals surface area contributed by atoms with E-state index in [9.17, 15) is 14.4 Å². The number of aromatic nitrogens is 1.